The van der Waals surface area contributed by atoms with E-state index in [1.807, 2.05) is 11.8 Å². The number of carbonyl (C=O) groups excluding carboxylic acids is 2. The standard InChI is InChI=1S/C19H27NO4/c1-4-5-6-7-10-23-19(22)13-20-12-14(2)24-18-9-8-16(15(3)21)11-17(18)20/h8-9,11,14H,4-7,10,12-13H2,1-3H3. The molecule has 1 aromatic carbocycles. The van der Waals surface area contributed by atoms with Crippen LogP contribution in [0.25, 0.3) is 0 Å². The van der Waals surface area contributed by atoms with Crippen molar-refractivity contribution < 1.29 is 19.1 Å². The predicted molar refractivity (Wildman–Crippen MR) is 93.9 cm³/mol. The van der Waals surface area contributed by atoms with Crippen molar-refractivity contribution in [3.05, 3.63) is 23.8 Å². The van der Waals surface area contributed by atoms with Gasteiger partial charge < -0.3 is 14.4 Å². The van der Waals surface area contributed by atoms with E-state index in [1.54, 1.807) is 18.2 Å². The van der Waals surface area contributed by atoms with Crippen LogP contribution in [0.15, 0.2) is 18.2 Å². The van der Waals surface area contributed by atoms with Crippen LogP contribution in [0.5, 0.6) is 5.75 Å². The van der Waals surface area contributed by atoms with E-state index in [4.69, 9.17) is 9.47 Å². The van der Waals surface area contributed by atoms with Gasteiger partial charge in [0.1, 0.15) is 18.4 Å². The number of rotatable bonds is 8. The normalized spacial score (nSPS) is 16.3. The lowest BCUT2D eigenvalue weighted by Crippen LogP contribution is -2.41. The first kappa shape index (κ1) is 18.3. The van der Waals surface area contributed by atoms with Crippen molar-refractivity contribution in [3.8, 4) is 5.75 Å². The molecule has 0 N–H and O–H groups in total. The predicted octanol–water partition coefficient (Wildman–Crippen LogP) is 3.60. The van der Waals surface area contributed by atoms with Gasteiger partial charge in [-0.2, -0.15) is 0 Å². The van der Waals surface area contributed by atoms with Gasteiger partial charge >= 0.3 is 5.97 Å². The van der Waals surface area contributed by atoms with Gasteiger partial charge in [0.25, 0.3) is 0 Å². The van der Waals surface area contributed by atoms with Crippen LogP contribution in [0, 0.1) is 0 Å². The maximum Gasteiger partial charge on any atom is 0.325 e. The third kappa shape index (κ3) is 4.98. The number of hydrogen-bond acceptors (Lipinski definition) is 5. The summed E-state index contributed by atoms with van der Waals surface area (Å²) in [7, 11) is 0. The quantitative estimate of drug-likeness (QED) is 0.413. The van der Waals surface area contributed by atoms with Crippen LogP contribution >= 0.6 is 0 Å². The minimum absolute atomic E-state index is 0.00475. The second-order valence-corrected chi connectivity index (χ2v) is 6.33. The molecule has 1 atom stereocenters. The second kappa shape index (κ2) is 8.71. The Labute approximate surface area is 143 Å². The topological polar surface area (TPSA) is 55.8 Å². The Balaban J connectivity index is 1.99. The molecule has 2 rings (SSSR count). The molecule has 1 heterocycles. The number of nitrogens with zero attached hydrogens (tertiary/aromatic N) is 1. The van der Waals surface area contributed by atoms with Gasteiger partial charge in [-0.25, -0.2) is 0 Å². The van der Waals surface area contributed by atoms with Crippen molar-refractivity contribution in [2.75, 3.05) is 24.6 Å². The van der Waals surface area contributed by atoms with Crippen LogP contribution in [0.4, 0.5) is 5.69 Å². The highest BCUT2D eigenvalue weighted by Gasteiger charge is 2.25. The van der Waals surface area contributed by atoms with E-state index >= 15 is 0 Å². The molecule has 0 spiro atoms. The molecule has 0 radical (unpaired) electrons. The van der Waals surface area contributed by atoms with Crippen LogP contribution in [0.1, 0.15) is 56.8 Å². The fraction of sp³-hybridized carbons (Fsp3) is 0.579. The first-order chi connectivity index (χ1) is 11.5. The molecule has 1 aromatic rings. The molecule has 1 aliphatic rings. The largest absolute Gasteiger partial charge is 0.487 e. The van der Waals surface area contributed by atoms with Gasteiger partial charge in [0.05, 0.1) is 18.8 Å². The van der Waals surface area contributed by atoms with E-state index in [0.717, 1.165) is 24.9 Å². The molecule has 5 nitrogen and oxygen atoms in total. The summed E-state index contributed by atoms with van der Waals surface area (Å²) in [6.07, 6.45) is 4.31. The van der Waals surface area contributed by atoms with E-state index in [0.29, 0.717) is 24.5 Å². The van der Waals surface area contributed by atoms with Crippen LogP contribution < -0.4 is 9.64 Å². The average Bonchev–Trinajstić information content (AvgIpc) is 2.54. The summed E-state index contributed by atoms with van der Waals surface area (Å²) in [5.41, 5.74) is 1.40. The Hall–Kier alpha value is -2.04. The Morgan fingerprint density at radius 1 is 1.29 bits per heavy atom. The number of Topliss-reactive ketones (excluding diaryl/α,β-unsaturated/α-hetero) is 1. The summed E-state index contributed by atoms with van der Waals surface area (Å²) in [4.78, 5) is 25.6. The fourth-order valence-corrected chi connectivity index (χ4v) is 2.81. The van der Waals surface area contributed by atoms with Gasteiger partial charge in [0, 0.05) is 5.56 Å². The summed E-state index contributed by atoms with van der Waals surface area (Å²) in [6, 6.07) is 5.34. The first-order valence-electron chi connectivity index (χ1n) is 8.73. The smallest absolute Gasteiger partial charge is 0.325 e. The van der Waals surface area contributed by atoms with Crippen LogP contribution in [-0.4, -0.2) is 37.6 Å². The molecule has 0 saturated carbocycles. The first-order valence-corrected chi connectivity index (χ1v) is 8.73. The van der Waals surface area contributed by atoms with E-state index in [-0.39, 0.29) is 24.4 Å². The van der Waals surface area contributed by atoms with Gasteiger partial charge in [0.15, 0.2) is 5.78 Å². The summed E-state index contributed by atoms with van der Waals surface area (Å²) in [5, 5.41) is 0. The monoisotopic (exact) mass is 333 g/mol. The van der Waals surface area contributed by atoms with Gasteiger partial charge in [0.2, 0.25) is 0 Å². The third-order valence-corrected chi connectivity index (χ3v) is 4.09. The lowest BCUT2D eigenvalue weighted by Gasteiger charge is -2.34. The second-order valence-electron chi connectivity index (χ2n) is 6.33. The van der Waals surface area contributed by atoms with Crippen molar-refractivity contribution in [2.24, 2.45) is 0 Å². The highest BCUT2D eigenvalue weighted by atomic mass is 16.5. The molecule has 0 bridgehead atoms. The number of ether oxygens (including phenoxy) is 2. The molecular formula is C19H27NO4. The number of carbonyl (C=O) groups is 2. The third-order valence-electron chi connectivity index (χ3n) is 4.09. The van der Waals surface area contributed by atoms with Crippen molar-refractivity contribution in [3.63, 3.8) is 0 Å². The number of esters is 1. The summed E-state index contributed by atoms with van der Waals surface area (Å²) in [5.74, 6) is 0.462. The number of fused-ring (bicyclic) bond motifs is 1. The molecule has 0 saturated heterocycles. The molecule has 1 unspecified atom stereocenters. The van der Waals surface area contributed by atoms with Crippen LogP contribution in [0.3, 0.4) is 0 Å². The molecule has 0 amide bonds. The molecule has 132 valence electrons. The SMILES string of the molecule is CCCCCCOC(=O)CN1CC(C)Oc2ccc(C(C)=O)cc21. The molecule has 24 heavy (non-hydrogen) atoms. The maximum atomic E-state index is 12.1. The molecule has 0 fully saturated rings. The average molecular weight is 333 g/mol. The van der Waals surface area contributed by atoms with E-state index in [9.17, 15) is 9.59 Å². The maximum absolute atomic E-state index is 12.1. The number of benzene rings is 1. The molecule has 1 aliphatic heterocycles. The zero-order valence-electron chi connectivity index (χ0n) is 14.8. The lowest BCUT2D eigenvalue weighted by molar-refractivity contribution is -0.142. The highest BCUT2D eigenvalue weighted by Crippen LogP contribution is 2.34. The van der Waals surface area contributed by atoms with E-state index in [2.05, 4.69) is 6.92 Å². The van der Waals surface area contributed by atoms with Crippen molar-refractivity contribution in [1.29, 1.82) is 0 Å². The number of hydrogen-bond donors (Lipinski definition) is 0. The number of unbranched alkanes of at least 4 members (excludes halogenated alkanes) is 3. The zero-order chi connectivity index (χ0) is 17.5. The van der Waals surface area contributed by atoms with Crippen molar-refractivity contribution in [2.45, 2.75) is 52.6 Å². The minimum atomic E-state index is -0.236. The van der Waals surface area contributed by atoms with Gasteiger partial charge in [-0.15, -0.1) is 0 Å². The van der Waals surface area contributed by atoms with Gasteiger partial charge in [-0.3, -0.25) is 9.59 Å². The zero-order valence-corrected chi connectivity index (χ0v) is 14.8. The van der Waals surface area contributed by atoms with Crippen molar-refractivity contribution in [1.82, 2.24) is 0 Å². The molecular weight excluding hydrogens is 306 g/mol. The Bertz CT molecular complexity index is 585. The Morgan fingerprint density at radius 3 is 2.79 bits per heavy atom. The fourth-order valence-electron chi connectivity index (χ4n) is 2.81. The summed E-state index contributed by atoms with van der Waals surface area (Å²) in [6.45, 7) is 6.89. The number of anilines is 1. The van der Waals surface area contributed by atoms with Gasteiger partial charge in [-0.05, 0) is 38.5 Å². The number of ketones is 1. The molecule has 0 aromatic heterocycles. The van der Waals surface area contributed by atoms with E-state index in [1.165, 1.54) is 13.3 Å². The van der Waals surface area contributed by atoms with Crippen molar-refractivity contribution >= 4 is 17.4 Å². The Kier molecular flexibility index (Phi) is 6.64. The lowest BCUT2D eigenvalue weighted by atomic mass is 10.1. The summed E-state index contributed by atoms with van der Waals surface area (Å²) < 4.78 is 11.1. The molecule has 0 aliphatic carbocycles. The summed E-state index contributed by atoms with van der Waals surface area (Å²) >= 11 is 0. The Morgan fingerprint density at radius 2 is 2.08 bits per heavy atom. The van der Waals surface area contributed by atoms with Crippen LogP contribution in [0.2, 0.25) is 0 Å². The highest BCUT2D eigenvalue weighted by molar-refractivity contribution is 5.95. The minimum Gasteiger partial charge on any atom is -0.487 e. The van der Waals surface area contributed by atoms with E-state index < -0.39 is 0 Å². The van der Waals surface area contributed by atoms with Crippen LogP contribution in [-0.2, 0) is 9.53 Å². The van der Waals surface area contributed by atoms with Gasteiger partial charge in [-0.1, -0.05) is 26.2 Å². The molecule has 5 heteroatoms.